The molecular weight excluding hydrogens is 262 g/mol. The molecule has 84 valence electrons. The van der Waals surface area contributed by atoms with Crippen molar-refractivity contribution >= 4 is 21.8 Å². The zero-order valence-corrected chi connectivity index (χ0v) is 10.4. The first-order valence-corrected chi connectivity index (χ1v) is 5.48. The lowest BCUT2D eigenvalue weighted by molar-refractivity contribution is 0.0925. The van der Waals surface area contributed by atoms with Gasteiger partial charge in [-0.15, -0.1) is 0 Å². The molecule has 0 saturated heterocycles. The molecule has 0 aliphatic heterocycles. The number of halogens is 1. The summed E-state index contributed by atoms with van der Waals surface area (Å²) < 4.78 is 7.20. The third-order valence-electron chi connectivity index (χ3n) is 1.90. The summed E-state index contributed by atoms with van der Waals surface area (Å²) >= 11 is 3.29. The van der Waals surface area contributed by atoms with E-state index in [1.807, 2.05) is 6.92 Å². The van der Waals surface area contributed by atoms with Crippen molar-refractivity contribution in [2.24, 2.45) is 0 Å². The molecule has 0 aromatic carbocycles. The minimum absolute atomic E-state index is 0.140. The Labute approximate surface area is 96.9 Å². The standard InChI is InChI=1S/C9H14BrN3O2/c1-3-13-8(7(10)6-12-13)9(14)11-4-5-15-2/h6H,3-5H2,1-2H3,(H,11,14). The van der Waals surface area contributed by atoms with Crippen molar-refractivity contribution in [1.29, 1.82) is 0 Å². The SMILES string of the molecule is CCn1ncc(Br)c1C(=O)NCCOC. The predicted molar refractivity (Wildman–Crippen MR) is 59.8 cm³/mol. The number of hydrogen-bond acceptors (Lipinski definition) is 3. The molecule has 0 radical (unpaired) electrons. The van der Waals surface area contributed by atoms with Gasteiger partial charge in [-0.3, -0.25) is 9.48 Å². The van der Waals surface area contributed by atoms with Crippen LogP contribution in [0.1, 0.15) is 17.4 Å². The Morgan fingerprint density at radius 1 is 1.73 bits per heavy atom. The van der Waals surface area contributed by atoms with E-state index in [4.69, 9.17) is 4.74 Å². The summed E-state index contributed by atoms with van der Waals surface area (Å²) in [6.07, 6.45) is 1.62. The Balaban J connectivity index is 2.67. The average molecular weight is 276 g/mol. The van der Waals surface area contributed by atoms with Gasteiger partial charge in [0.1, 0.15) is 5.69 Å². The lowest BCUT2D eigenvalue weighted by Crippen LogP contribution is -2.29. The fourth-order valence-electron chi connectivity index (χ4n) is 1.18. The van der Waals surface area contributed by atoms with Gasteiger partial charge in [0, 0.05) is 20.2 Å². The van der Waals surface area contributed by atoms with Crippen LogP contribution in [0.4, 0.5) is 0 Å². The van der Waals surface area contributed by atoms with Crippen molar-refractivity contribution in [3.8, 4) is 0 Å². The highest BCUT2D eigenvalue weighted by molar-refractivity contribution is 9.10. The number of rotatable bonds is 5. The van der Waals surface area contributed by atoms with E-state index in [2.05, 4.69) is 26.3 Å². The summed E-state index contributed by atoms with van der Waals surface area (Å²) in [5, 5.41) is 6.81. The highest BCUT2D eigenvalue weighted by Crippen LogP contribution is 2.15. The molecule has 15 heavy (non-hydrogen) atoms. The Morgan fingerprint density at radius 3 is 3.07 bits per heavy atom. The van der Waals surface area contributed by atoms with Crippen molar-refractivity contribution in [3.63, 3.8) is 0 Å². The minimum Gasteiger partial charge on any atom is -0.383 e. The van der Waals surface area contributed by atoms with Gasteiger partial charge in [0.15, 0.2) is 0 Å². The van der Waals surface area contributed by atoms with E-state index in [1.165, 1.54) is 0 Å². The van der Waals surface area contributed by atoms with Crippen molar-refractivity contribution in [1.82, 2.24) is 15.1 Å². The summed E-state index contributed by atoms with van der Waals surface area (Å²) in [7, 11) is 1.60. The molecule has 1 rings (SSSR count). The maximum atomic E-state index is 11.7. The second-order valence-corrected chi connectivity index (χ2v) is 3.76. The van der Waals surface area contributed by atoms with Crippen LogP contribution < -0.4 is 5.32 Å². The molecule has 0 atom stereocenters. The number of nitrogens with one attached hydrogen (secondary N) is 1. The molecular formula is C9H14BrN3O2. The van der Waals surface area contributed by atoms with E-state index in [9.17, 15) is 4.79 Å². The van der Waals surface area contributed by atoms with Gasteiger partial charge < -0.3 is 10.1 Å². The zero-order chi connectivity index (χ0) is 11.3. The predicted octanol–water partition coefficient (Wildman–Crippen LogP) is 1.04. The summed E-state index contributed by atoms with van der Waals surface area (Å²) in [5.41, 5.74) is 0.550. The Morgan fingerprint density at radius 2 is 2.47 bits per heavy atom. The van der Waals surface area contributed by atoms with Crippen LogP contribution in [0.2, 0.25) is 0 Å². The lowest BCUT2D eigenvalue weighted by atomic mass is 10.4. The molecule has 1 aromatic rings. The largest absolute Gasteiger partial charge is 0.383 e. The highest BCUT2D eigenvalue weighted by Gasteiger charge is 2.15. The van der Waals surface area contributed by atoms with Crippen LogP contribution in [-0.2, 0) is 11.3 Å². The molecule has 0 bridgehead atoms. The van der Waals surface area contributed by atoms with E-state index in [1.54, 1.807) is 18.0 Å². The molecule has 0 aliphatic carbocycles. The van der Waals surface area contributed by atoms with Gasteiger partial charge >= 0.3 is 0 Å². The van der Waals surface area contributed by atoms with Gasteiger partial charge in [-0.05, 0) is 22.9 Å². The average Bonchev–Trinajstić information content (AvgIpc) is 2.59. The molecule has 1 N–H and O–H groups in total. The molecule has 0 spiro atoms. The number of aromatic nitrogens is 2. The topological polar surface area (TPSA) is 56.2 Å². The summed E-state index contributed by atoms with van der Waals surface area (Å²) in [6.45, 7) is 3.60. The third kappa shape index (κ3) is 3.04. The number of ether oxygens (including phenoxy) is 1. The first-order valence-electron chi connectivity index (χ1n) is 4.69. The second-order valence-electron chi connectivity index (χ2n) is 2.91. The van der Waals surface area contributed by atoms with Crippen molar-refractivity contribution < 1.29 is 9.53 Å². The second kappa shape index (κ2) is 5.87. The van der Waals surface area contributed by atoms with Crippen molar-refractivity contribution in [2.75, 3.05) is 20.3 Å². The highest BCUT2D eigenvalue weighted by atomic mass is 79.9. The first-order chi connectivity index (χ1) is 7.20. The number of amides is 1. The van der Waals surface area contributed by atoms with Gasteiger partial charge in [-0.1, -0.05) is 0 Å². The van der Waals surface area contributed by atoms with Gasteiger partial charge in [-0.25, -0.2) is 0 Å². The number of hydrogen-bond donors (Lipinski definition) is 1. The molecule has 5 nitrogen and oxygen atoms in total. The molecule has 0 fully saturated rings. The van der Waals surface area contributed by atoms with Crippen molar-refractivity contribution in [2.45, 2.75) is 13.5 Å². The zero-order valence-electron chi connectivity index (χ0n) is 8.79. The van der Waals surface area contributed by atoms with Crippen LogP contribution >= 0.6 is 15.9 Å². The number of carbonyl (C=O) groups excluding carboxylic acids is 1. The van der Waals surface area contributed by atoms with Gasteiger partial charge in [0.2, 0.25) is 0 Å². The van der Waals surface area contributed by atoms with Crippen LogP contribution in [-0.4, -0.2) is 35.9 Å². The smallest absolute Gasteiger partial charge is 0.270 e. The first kappa shape index (κ1) is 12.2. The maximum Gasteiger partial charge on any atom is 0.270 e. The molecule has 1 amide bonds. The van der Waals surface area contributed by atoms with Crippen LogP contribution in [0.5, 0.6) is 0 Å². The Hall–Kier alpha value is -0.880. The van der Waals surface area contributed by atoms with E-state index in [0.29, 0.717) is 29.9 Å². The fraction of sp³-hybridized carbons (Fsp3) is 0.556. The van der Waals surface area contributed by atoms with E-state index < -0.39 is 0 Å². The minimum atomic E-state index is -0.140. The van der Waals surface area contributed by atoms with Gasteiger partial charge in [0.25, 0.3) is 5.91 Å². The lowest BCUT2D eigenvalue weighted by Gasteiger charge is -2.06. The molecule has 0 aliphatic rings. The maximum absolute atomic E-state index is 11.7. The molecule has 6 heteroatoms. The summed E-state index contributed by atoms with van der Waals surface area (Å²) in [4.78, 5) is 11.7. The Kier molecular flexibility index (Phi) is 4.77. The van der Waals surface area contributed by atoms with Crippen molar-refractivity contribution in [3.05, 3.63) is 16.4 Å². The van der Waals surface area contributed by atoms with Crippen LogP contribution in [0.25, 0.3) is 0 Å². The monoisotopic (exact) mass is 275 g/mol. The van der Waals surface area contributed by atoms with E-state index >= 15 is 0 Å². The summed E-state index contributed by atoms with van der Waals surface area (Å²) in [6, 6.07) is 0. The molecule has 1 aromatic heterocycles. The van der Waals surface area contributed by atoms with Crippen LogP contribution in [0, 0.1) is 0 Å². The van der Waals surface area contributed by atoms with Gasteiger partial charge in [0.05, 0.1) is 17.3 Å². The van der Waals surface area contributed by atoms with E-state index in [0.717, 1.165) is 0 Å². The molecule has 0 saturated carbocycles. The molecule has 0 unspecified atom stereocenters. The number of carbonyl (C=O) groups is 1. The fourth-order valence-corrected chi connectivity index (χ4v) is 1.65. The van der Waals surface area contributed by atoms with Crippen LogP contribution in [0.15, 0.2) is 10.7 Å². The number of nitrogens with zero attached hydrogens (tertiary/aromatic N) is 2. The quantitative estimate of drug-likeness (QED) is 0.818. The molecule has 1 heterocycles. The van der Waals surface area contributed by atoms with Gasteiger partial charge in [-0.2, -0.15) is 5.10 Å². The van der Waals surface area contributed by atoms with E-state index in [-0.39, 0.29) is 5.91 Å². The number of methoxy groups -OCH3 is 1. The normalized spacial score (nSPS) is 10.3. The van der Waals surface area contributed by atoms with Crippen LogP contribution in [0.3, 0.4) is 0 Å². The Bertz CT molecular complexity index is 338. The summed E-state index contributed by atoms with van der Waals surface area (Å²) in [5.74, 6) is -0.140. The third-order valence-corrected chi connectivity index (χ3v) is 2.48. The number of aryl methyl sites for hydroxylation is 1.